The molecule has 6 heteroatoms. The molecule has 4 aromatic rings. The highest BCUT2D eigenvalue weighted by molar-refractivity contribution is 6.31. The van der Waals surface area contributed by atoms with Gasteiger partial charge in [0, 0.05) is 16.1 Å². The first-order valence-electron chi connectivity index (χ1n) is 9.32. The first-order valence-corrected chi connectivity index (χ1v) is 9.70. The molecule has 2 N–H and O–H groups in total. The Morgan fingerprint density at radius 1 is 0.933 bits per heavy atom. The van der Waals surface area contributed by atoms with Crippen LogP contribution in [0.2, 0.25) is 5.02 Å². The van der Waals surface area contributed by atoms with Gasteiger partial charge in [-0.05, 0) is 23.3 Å². The number of halogens is 2. The lowest BCUT2D eigenvalue weighted by Crippen LogP contribution is -3.00. The largest absolute Gasteiger partial charge is 1.00 e. The quantitative estimate of drug-likeness (QED) is 0.348. The topological polar surface area (TPSA) is 51.9 Å². The standard InChI is InChI=1S/C24H20ClN3O.BrH/c1-27-22(19-12-10-18(11-13-19)17-6-3-2-4-7-17)15-28(24(27)26)16-23(29)20-8-5-9-21(25)14-20;/h2-15,26H,16H2,1H3;1H. The van der Waals surface area contributed by atoms with Crippen molar-refractivity contribution in [1.29, 1.82) is 0 Å². The fourth-order valence-corrected chi connectivity index (χ4v) is 3.57. The molecule has 0 spiro atoms. The Balaban J connectivity index is 0.00000256. The Bertz CT molecular complexity index is 1170. The van der Waals surface area contributed by atoms with Crippen LogP contribution >= 0.6 is 11.6 Å². The van der Waals surface area contributed by atoms with E-state index >= 15 is 0 Å². The summed E-state index contributed by atoms with van der Waals surface area (Å²) in [7, 11) is 1.90. The predicted octanol–water partition coefficient (Wildman–Crippen LogP) is 1.77. The van der Waals surface area contributed by atoms with Gasteiger partial charge in [-0.25, -0.2) is 9.13 Å². The third-order valence-electron chi connectivity index (χ3n) is 5.03. The van der Waals surface area contributed by atoms with Gasteiger partial charge in [0.25, 0.3) is 0 Å². The third-order valence-corrected chi connectivity index (χ3v) is 5.26. The molecule has 0 aliphatic carbocycles. The van der Waals surface area contributed by atoms with E-state index in [1.807, 2.05) is 36.0 Å². The smallest absolute Gasteiger partial charge is 0.355 e. The summed E-state index contributed by atoms with van der Waals surface area (Å²) in [4.78, 5) is 12.6. The number of nitrogens with zero attached hydrogens (tertiary/aromatic N) is 2. The first-order chi connectivity index (χ1) is 14.0. The maximum Gasteiger partial charge on any atom is 0.355 e. The molecule has 0 bridgehead atoms. The summed E-state index contributed by atoms with van der Waals surface area (Å²) >= 11 is 6.00. The van der Waals surface area contributed by atoms with Crippen LogP contribution in [-0.2, 0) is 13.6 Å². The van der Waals surface area contributed by atoms with Crippen LogP contribution in [0.1, 0.15) is 10.4 Å². The van der Waals surface area contributed by atoms with E-state index in [4.69, 9.17) is 17.3 Å². The van der Waals surface area contributed by atoms with Crippen molar-refractivity contribution in [2.24, 2.45) is 7.05 Å². The molecule has 0 aliphatic rings. The maximum absolute atomic E-state index is 12.6. The molecule has 3 aromatic carbocycles. The van der Waals surface area contributed by atoms with Crippen LogP contribution in [0.5, 0.6) is 0 Å². The van der Waals surface area contributed by atoms with Crippen molar-refractivity contribution in [3.8, 4) is 22.4 Å². The van der Waals surface area contributed by atoms with Gasteiger partial charge in [0.05, 0.1) is 7.05 Å². The summed E-state index contributed by atoms with van der Waals surface area (Å²) in [5.74, 6) is 0.475. The number of imidazole rings is 1. The highest BCUT2D eigenvalue weighted by Crippen LogP contribution is 2.25. The number of anilines is 1. The molecule has 4 nitrogen and oxygen atoms in total. The second-order valence-corrected chi connectivity index (χ2v) is 7.37. The molecule has 0 saturated carbocycles. The van der Waals surface area contributed by atoms with Gasteiger partial charge >= 0.3 is 5.95 Å². The summed E-state index contributed by atoms with van der Waals surface area (Å²) in [6.07, 6.45) is 1.91. The van der Waals surface area contributed by atoms with Gasteiger partial charge < -0.3 is 17.0 Å². The van der Waals surface area contributed by atoms with Crippen LogP contribution < -0.4 is 27.3 Å². The van der Waals surface area contributed by atoms with Gasteiger partial charge in [0.15, 0.2) is 5.78 Å². The third kappa shape index (κ3) is 4.48. The molecule has 1 heterocycles. The van der Waals surface area contributed by atoms with Gasteiger partial charge in [-0.1, -0.05) is 78.3 Å². The van der Waals surface area contributed by atoms with Crippen LogP contribution in [0.15, 0.2) is 85.1 Å². The summed E-state index contributed by atoms with van der Waals surface area (Å²) in [5, 5.41) is 0.543. The summed E-state index contributed by atoms with van der Waals surface area (Å²) in [6.45, 7) is 0.155. The number of hydrogen-bond donors (Lipinski definition) is 1. The number of hydrogen-bond acceptors (Lipinski definition) is 2. The van der Waals surface area contributed by atoms with E-state index in [2.05, 4.69) is 36.4 Å². The number of Topliss-reactive ketones (excluding diaryl/α,β-unsaturated/α-hetero) is 1. The van der Waals surface area contributed by atoms with Crippen molar-refractivity contribution in [1.82, 2.24) is 4.57 Å². The molecule has 0 atom stereocenters. The van der Waals surface area contributed by atoms with Gasteiger partial charge in [-0.15, -0.1) is 0 Å². The summed E-state index contributed by atoms with van der Waals surface area (Å²) in [6, 6.07) is 25.5. The lowest BCUT2D eigenvalue weighted by Gasteiger charge is -2.03. The Morgan fingerprint density at radius 2 is 1.57 bits per heavy atom. The van der Waals surface area contributed by atoms with E-state index < -0.39 is 0 Å². The number of nitrogen functional groups attached to an aromatic ring is 1. The number of nitrogens with two attached hydrogens (primary N) is 1. The number of benzene rings is 3. The first kappa shape index (κ1) is 21.8. The molecule has 30 heavy (non-hydrogen) atoms. The van der Waals surface area contributed by atoms with E-state index in [0.717, 1.165) is 16.8 Å². The van der Waals surface area contributed by atoms with Crippen molar-refractivity contribution in [2.75, 3.05) is 5.73 Å². The zero-order valence-electron chi connectivity index (χ0n) is 16.4. The maximum atomic E-state index is 12.6. The van der Waals surface area contributed by atoms with Gasteiger partial charge in [0.1, 0.15) is 18.4 Å². The Hall–Kier alpha value is -2.89. The number of carbonyl (C=O) groups excluding carboxylic acids is 1. The Morgan fingerprint density at radius 3 is 2.23 bits per heavy atom. The van der Waals surface area contributed by atoms with Crippen molar-refractivity contribution >= 4 is 23.3 Å². The zero-order valence-corrected chi connectivity index (χ0v) is 18.8. The Kier molecular flexibility index (Phi) is 6.75. The number of aromatic nitrogens is 2. The fraction of sp³-hybridized carbons (Fsp3) is 0.0833. The predicted molar refractivity (Wildman–Crippen MR) is 117 cm³/mol. The zero-order chi connectivity index (χ0) is 20.4. The highest BCUT2D eigenvalue weighted by atomic mass is 79.9. The molecule has 0 radical (unpaired) electrons. The van der Waals surface area contributed by atoms with Crippen LogP contribution in [0.4, 0.5) is 5.95 Å². The summed E-state index contributed by atoms with van der Waals surface area (Å²) in [5.41, 5.74) is 11.1. The molecular formula is C24H21BrClN3O. The summed E-state index contributed by atoms with van der Waals surface area (Å²) < 4.78 is 3.66. The van der Waals surface area contributed by atoms with E-state index in [1.54, 1.807) is 28.8 Å². The highest BCUT2D eigenvalue weighted by Gasteiger charge is 2.20. The van der Waals surface area contributed by atoms with Crippen molar-refractivity contribution in [3.05, 3.63) is 95.6 Å². The average Bonchev–Trinajstić information content (AvgIpc) is 3.03. The molecule has 1 aromatic heterocycles. The molecule has 0 unspecified atom stereocenters. The number of rotatable bonds is 5. The van der Waals surface area contributed by atoms with Crippen molar-refractivity contribution < 1.29 is 26.3 Å². The van der Waals surface area contributed by atoms with E-state index in [9.17, 15) is 4.79 Å². The van der Waals surface area contributed by atoms with Crippen LogP contribution in [0.25, 0.3) is 22.4 Å². The molecule has 0 amide bonds. The molecule has 0 fully saturated rings. The van der Waals surface area contributed by atoms with E-state index in [0.29, 0.717) is 16.5 Å². The average molecular weight is 483 g/mol. The molecular weight excluding hydrogens is 462 g/mol. The fourth-order valence-electron chi connectivity index (χ4n) is 3.38. The van der Waals surface area contributed by atoms with Crippen LogP contribution in [0.3, 0.4) is 0 Å². The SMILES string of the molecule is Cn1c(-c2ccc(-c3ccccc3)cc2)c[n+](CC(=O)c2cccc(Cl)c2)c1N.[Br-]. The molecule has 0 aliphatic heterocycles. The second-order valence-electron chi connectivity index (χ2n) is 6.94. The molecule has 4 rings (SSSR count). The molecule has 0 saturated heterocycles. The minimum Gasteiger partial charge on any atom is -1.00 e. The second kappa shape index (κ2) is 9.28. The normalized spacial score (nSPS) is 10.5. The lowest BCUT2D eigenvalue weighted by atomic mass is 10.0. The van der Waals surface area contributed by atoms with Crippen molar-refractivity contribution in [3.63, 3.8) is 0 Å². The lowest BCUT2D eigenvalue weighted by molar-refractivity contribution is -0.667. The van der Waals surface area contributed by atoms with E-state index in [1.165, 1.54) is 5.56 Å². The Labute approximate surface area is 191 Å². The minimum absolute atomic E-state index is 0. The van der Waals surface area contributed by atoms with Gasteiger partial charge in [-0.3, -0.25) is 10.5 Å². The minimum atomic E-state index is -0.0409. The van der Waals surface area contributed by atoms with E-state index in [-0.39, 0.29) is 29.3 Å². The number of carbonyl (C=O) groups is 1. The van der Waals surface area contributed by atoms with Gasteiger partial charge in [0.2, 0.25) is 0 Å². The molecule has 152 valence electrons. The van der Waals surface area contributed by atoms with Crippen LogP contribution in [-0.4, -0.2) is 10.4 Å². The van der Waals surface area contributed by atoms with Gasteiger partial charge in [-0.2, -0.15) is 0 Å². The number of ketones is 1. The monoisotopic (exact) mass is 481 g/mol. The van der Waals surface area contributed by atoms with Crippen molar-refractivity contribution in [2.45, 2.75) is 6.54 Å². The van der Waals surface area contributed by atoms with Crippen LogP contribution in [0, 0.1) is 0 Å².